The summed E-state index contributed by atoms with van der Waals surface area (Å²) < 4.78 is 12.7. The van der Waals surface area contributed by atoms with Gasteiger partial charge in [0.1, 0.15) is 0 Å². The van der Waals surface area contributed by atoms with Gasteiger partial charge in [-0.05, 0) is 42.8 Å². The molecule has 0 aliphatic carbocycles. The van der Waals surface area contributed by atoms with Crippen LogP contribution in [0.4, 0.5) is 0 Å². The van der Waals surface area contributed by atoms with Crippen LogP contribution < -0.4 is 9.47 Å². The summed E-state index contributed by atoms with van der Waals surface area (Å²) in [7, 11) is 0. The lowest BCUT2D eigenvalue weighted by atomic mass is 10.1. The number of thiazole rings is 1. The molecule has 6 nitrogen and oxygen atoms in total. The number of imidazole rings is 1. The van der Waals surface area contributed by atoms with Crippen molar-refractivity contribution in [2.45, 2.75) is 13.5 Å². The second-order valence-corrected chi connectivity index (χ2v) is 8.17. The van der Waals surface area contributed by atoms with Gasteiger partial charge in [-0.25, -0.2) is 4.98 Å². The van der Waals surface area contributed by atoms with E-state index in [1.807, 2.05) is 41.8 Å². The number of fused-ring (bicyclic) bond motifs is 2. The largest absolute Gasteiger partial charge is 0.454 e. The van der Waals surface area contributed by atoms with Crippen LogP contribution in [0.5, 0.6) is 11.5 Å². The molecule has 0 amide bonds. The fourth-order valence-corrected chi connectivity index (χ4v) is 4.25. The third-order valence-corrected chi connectivity index (χ3v) is 5.84. The quantitative estimate of drug-likeness (QED) is 0.382. The van der Waals surface area contributed by atoms with Crippen LogP contribution in [-0.4, -0.2) is 27.1 Å². The monoisotopic (exact) mass is 418 g/mol. The number of carbonyl (C=O) groups excluding carboxylic acids is 1. The SMILES string of the molecule is Cc1cn2c(C=CC(=O)c3ccc4c(c3)OCO4)c(-c3ccc(CO)cc3)nc2s1. The Morgan fingerprint density at radius 1 is 1.20 bits per heavy atom. The van der Waals surface area contributed by atoms with Gasteiger partial charge in [-0.1, -0.05) is 24.3 Å². The summed E-state index contributed by atoms with van der Waals surface area (Å²) in [4.78, 5) is 19.6. The number of aromatic nitrogens is 2. The lowest BCUT2D eigenvalue weighted by molar-refractivity contribution is 0.104. The van der Waals surface area contributed by atoms with E-state index in [9.17, 15) is 9.90 Å². The Labute approximate surface area is 176 Å². The lowest BCUT2D eigenvalue weighted by Gasteiger charge is -2.03. The lowest BCUT2D eigenvalue weighted by Crippen LogP contribution is -1.95. The minimum absolute atomic E-state index is 0.00541. The van der Waals surface area contributed by atoms with E-state index in [1.54, 1.807) is 41.7 Å². The van der Waals surface area contributed by atoms with Crippen molar-refractivity contribution in [2.75, 3.05) is 6.79 Å². The van der Waals surface area contributed by atoms with Gasteiger partial charge >= 0.3 is 0 Å². The van der Waals surface area contributed by atoms with Gasteiger partial charge in [0.25, 0.3) is 0 Å². The summed E-state index contributed by atoms with van der Waals surface area (Å²) in [5.41, 5.74) is 3.92. The molecule has 2 aromatic heterocycles. The molecule has 0 saturated heterocycles. The molecule has 0 spiro atoms. The van der Waals surface area contributed by atoms with Crippen molar-refractivity contribution in [3.8, 4) is 22.8 Å². The molecule has 1 aliphatic heterocycles. The predicted octanol–water partition coefficient (Wildman–Crippen LogP) is 4.49. The Bertz CT molecular complexity index is 1280. The molecule has 0 unspecified atom stereocenters. The fourth-order valence-electron chi connectivity index (χ4n) is 3.41. The van der Waals surface area contributed by atoms with Crippen LogP contribution in [0.2, 0.25) is 0 Å². The van der Waals surface area contributed by atoms with Gasteiger partial charge < -0.3 is 14.6 Å². The van der Waals surface area contributed by atoms with E-state index >= 15 is 0 Å². The maximum atomic E-state index is 12.8. The molecule has 5 rings (SSSR count). The molecule has 0 atom stereocenters. The van der Waals surface area contributed by atoms with Gasteiger partial charge in [0.15, 0.2) is 22.2 Å². The molecule has 1 aliphatic rings. The number of hydrogen-bond donors (Lipinski definition) is 1. The first kappa shape index (κ1) is 18.6. The number of nitrogens with zero attached hydrogens (tertiary/aromatic N) is 2. The van der Waals surface area contributed by atoms with Gasteiger partial charge in [-0.3, -0.25) is 9.20 Å². The molecule has 0 bridgehead atoms. The minimum Gasteiger partial charge on any atom is -0.454 e. The number of aryl methyl sites for hydroxylation is 1. The average Bonchev–Trinajstić information content (AvgIpc) is 3.45. The van der Waals surface area contributed by atoms with E-state index in [0.29, 0.717) is 17.1 Å². The maximum Gasteiger partial charge on any atom is 0.231 e. The molecule has 4 aromatic rings. The van der Waals surface area contributed by atoms with E-state index in [4.69, 9.17) is 14.5 Å². The van der Waals surface area contributed by atoms with Crippen LogP contribution in [0, 0.1) is 6.92 Å². The van der Waals surface area contributed by atoms with Gasteiger partial charge in [0, 0.05) is 22.2 Å². The molecule has 0 saturated carbocycles. The number of aliphatic hydroxyl groups is 1. The second kappa shape index (κ2) is 7.44. The number of hydrogen-bond acceptors (Lipinski definition) is 6. The number of allylic oxidation sites excluding steroid dienone is 1. The number of benzene rings is 2. The Balaban J connectivity index is 1.53. The normalized spacial score (nSPS) is 12.9. The summed E-state index contributed by atoms with van der Waals surface area (Å²) in [5, 5.41) is 9.29. The Morgan fingerprint density at radius 3 is 2.80 bits per heavy atom. The molecular formula is C23H18N2O4S. The number of rotatable bonds is 5. The van der Waals surface area contributed by atoms with Crippen LogP contribution in [-0.2, 0) is 6.61 Å². The van der Waals surface area contributed by atoms with Gasteiger partial charge in [-0.15, -0.1) is 11.3 Å². The van der Waals surface area contributed by atoms with Crippen molar-refractivity contribution in [3.63, 3.8) is 0 Å². The summed E-state index contributed by atoms with van der Waals surface area (Å²) in [6, 6.07) is 12.8. The van der Waals surface area contributed by atoms with Gasteiger partial charge in [0.05, 0.1) is 18.0 Å². The summed E-state index contributed by atoms with van der Waals surface area (Å²) in [6.07, 6.45) is 5.37. The van der Waals surface area contributed by atoms with Crippen LogP contribution in [0.1, 0.15) is 26.5 Å². The van der Waals surface area contributed by atoms with E-state index in [1.165, 1.54) is 0 Å². The average molecular weight is 418 g/mol. The zero-order chi connectivity index (χ0) is 20.7. The second-order valence-electron chi connectivity index (χ2n) is 6.96. The van der Waals surface area contributed by atoms with E-state index in [2.05, 4.69) is 0 Å². The highest BCUT2D eigenvalue weighted by Gasteiger charge is 2.17. The predicted molar refractivity (Wildman–Crippen MR) is 115 cm³/mol. The minimum atomic E-state index is -0.128. The first-order valence-electron chi connectivity index (χ1n) is 9.43. The molecule has 0 radical (unpaired) electrons. The van der Waals surface area contributed by atoms with Crippen LogP contribution >= 0.6 is 11.3 Å². The number of ketones is 1. The van der Waals surface area contributed by atoms with Crippen molar-refractivity contribution >= 4 is 28.2 Å². The smallest absolute Gasteiger partial charge is 0.231 e. The van der Waals surface area contributed by atoms with Crippen molar-refractivity contribution in [1.82, 2.24) is 9.38 Å². The van der Waals surface area contributed by atoms with E-state index in [0.717, 1.165) is 32.4 Å². The van der Waals surface area contributed by atoms with Crippen molar-refractivity contribution in [2.24, 2.45) is 0 Å². The van der Waals surface area contributed by atoms with E-state index in [-0.39, 0.29) is 19.2 Å². The molecule has 2 aromatic carbocycles. The third kappa shape index (κ3) is 3.28. The van der Waals surface area contributed by atoms with Crippen LogP contribution in [0.25, 0.3) is 22.3 Å². The standard InChI is InChI=1S/C23H18N2O4S/c1-14-11-25-18(7-8-19(27)17-6-9-20-21(10-17)29-13-28-20)22(24-23(25)30-14)16-4-2-15(12-26)3-5-16/h2-11,26H,12-13H2,1H3. The molecule has 7 heteroatoms. The van der Waals surface area contributed by atoms with Gasteiger partial charge in [0.2, 0.25) is 6.79 Å². The summed E-state index contributed by atoms with van der Waals surface area (Å²) in [5.74, 6) is 1.10. The fraction of sp³-hybridized carbons (Fsp3) is 0.130. The van der Waals surface area contributed by atoms with Crippen molar-refractivity contribution < 1.29 is 19.4 Å². The highest BCUT2D eigenvalue weighted by Crippen LogP contribution is 2.33. The number of carbonyl (C=O) groups is 1. The van der Waals surface area contributed by atoms with Crippen LogP contribution in [0.15, 0.2) is 54.7 Å². The van der Waals surface area contributed by atoms with E-state index < -0.39 is 0 Å². The molecule has 3 heterocycles. The first-order valence-corrected chi connectivity index (χ1v) is 10.2. The highest BCUT2D eigenvalue weighted by atomic mass is 32.1. The first-order chi connectivity index (χ1) is 14.6. The van der Waals surface area contributed by atoms with Gasteiger partial charge in [-0.2, -0.15) is 0 Å². The number of aliphatic hydroxyl groups excluding tert-OH is 1. The molecule has 1 N–H and O–H groups in total. The maximum absolute atomic E-state index is 12.8. The van der Waals surface area contributed by atoms with Crippen molar-refractivity contribution in [1.29, 1.82) is 0 Å². The molecular weight excluding hydrogens is 400 g/mol. The highest BCUT2D eigenvalue weighted by molar-refractivity contribution is 7.17. The van der Waals surface area contributed by atoms with Crippen molar-refractivity contribution in [3.05, 3.63) is 76.4 Å². The topological polar surface area (TPSA) is 73.1 Å². The Morgan fingerprint density at radius 2 is 2.00 bits per heavy atom. The third-order valence-electron chi connectivity index (χ3n) is 4.94. The number of ether oxygens (including phenoxy) is 2. The zero-order valence-corrected chi connectivity index (χ0v) is 17.0. The Kier molecular flexibility index (Phi) is 4.61. The molecule has 30 heavy (non-hydrogen) atoms. The summed E-state index contributed by atoms with van der Waals surface area (Å²) >= 11 is 1.60. The molecule has 0 fully saturated rings. The summed E-state index contributed by atoms with van der Waals surface area (Å²) in [6.45, 7) is 2.20. The zero-order valence-electron chi connectivity index (χ0n) is 16.2. The van der Waals surface area contributed by atoms with Crippen LogP contribution in [0.3, 0.4) is 0 Å². The Hall–Kier alpha value is -3.42. The molecule has 150 valence electrons.